The van der Waals surface area contributed by atoms with Gasteiger partial charge in [-0.3, -0.25) is 10.1 Å². The lowest BCUT2D eigenvalue weighted by molar-refractivity contribution is -0.384. The Morgan fingerprint density at radius 3 is 2.85 bits per heavy atom. The second kappa shape index (κ2) is 5.96. The van der Waals surface area contributed by atoms with E-state index >= 15 is 0 Å². The fourth-order valence-corrected chi connectivity index (χ4v) is 1.76. The van der Waals surface area contributed by atoms with Crippen LogP contribution < -0.4 is 10.1 Å². The van der Waals surface area contributed by atoms with Crippen molar-refractivity contribution in [3.8, 4) is 17.1 Å². The number of hydrogen-bond donors (Lipinski definition) is 1. The molecule has 1 N–H and O–H groups in total. The van der Waals surface area contributed by atoms with Crippen LogP contribution in [0.2, 0.25) is 0 Å². The van der Waals surface area contributed by atoms with E-state index in [1.165, 1.54) is 19.4 Å². The van der Waals surface area contributed by atoms with E-state index in [0.29, 0.717) is 23.8 Å². The van der Waals surface area contributed by atoms with Crippen molar-refractivity contribution in [2.75, 3.05) is 19.0 Å². The van der Waals surface area contributed by atoms with Gasteiger partial charge in [0.2, 0.25) is 5.88 Å². The molecular formula is C13H14N4O3. The van der Waals surface area contributed by atoms with Crippen molar-refractivity contribution in [2.24, 2.45) is 0 Å². The summed E-state index contributed by atoms with van der Waals surface area (Å²) in [5.74, 6) is 0.969. The molecule has 104 valence electrons. The first-order valence-corrected chi connectivity index (χ1v) is 6.05. The average Bonchev–Trinajstić information content (AvgIpc) is 2.47. The van der Waals surface area contributed by atoms with Crippen LogP contribution in [0, 0.1) is 10.1 Å². The quantitative estimate of drug-likeness (QED) is 0.665. The first-order chi connectivity index (χ1) is 9.65. The highest BCUT2D eigenvalue weighted by Crippen LogP contribution is 2.30. The summed E-state index contributed by atoms with van der Waals surface area (Å²) in [5, 5.41) is 14.1. The average molecular weight is 274 g/mol. The van der Waals surface area contributed by atoms with Gasteiger partial charge in [0.15, 0.2) is 5.69 Å². The molecule has 2 heterocycles. The maximum atomic E-state index is 11.1. The van der Waals surface area contributed by atoms with Gasteiger partial charge < -0.3 is 10.1 Å². The van der Waals surface area contributed by atoms with E-state index in [0.717, 1.165) is 0 Å². The Morgan fingerprint density at radius 1 is 1.40 bits per heavy atom. The Kier molecular flexibility index (Phi) is 4.09. The number of rotatable bonds is 5. The molecule has 0 aromatic carbocycles. The number of aromatic nitrogens is 2. The number of ether oxygens (including phenoxy) is 1. The fourth-order valence-electron chi connectivity index (χ4n) is 1.76. The Bertz CT molecular complexity index is 631. The van der Waals surface area contributed by atoms with E-state index in [2.05, 4.69) is 15.3 Å². The molecule has 0 spiro atoms. The molecule has 0 unspecified atom stereocenters. The van der Waals surface area contributed by atoms with E-state index in [1.54, 1.807) is 18.2 Å². The minimum absolute atomic E-state index is 0.0556. The number of nitrogens with one attached hydrogen (secondary N) is 1. The molecule has 0 atom stereocenters. The Morgan fingerprint density at radius 2 is 2.20 bits per heavy atom. The smallest absolute Gasteiger partial charge is 0.295 e. The van der Waals surface area contributed by atoms with Crippen molar-refractivity contribution in [3.05, 3.63) is 40.6 Å². The van der Waals surface area contributed by atoms with E-state index in [4.69, 9.17) is 4.74 Å². The number of pyridine rings is 2. The van der Waals surface area contributed by atoms with E-state index < -0.39 is 4.92 Å². The number of methoxy groups -OCH3 is 1. The summed E-state index contributed by atoms with van der Waals surface area (Å²) in [6.45, 7) is 2.61. The molecule has 0 amide bonds. The molecule has 20 heavy (non-hydrogen) atoms. The SMILES string of the molecule is CCNc1ccc([N+](=O)[O-])c(-c2ccnc(OC)c2)n1. The Labute approximate surface area is 115 Å². The normalized spacial score (nSPS) is 10.1. The van der Waals surface area contributed by atoms with Gasteiger partial charge in [-0.25, -0.2) is 9.97 Å². The van der Waals surface area contributed by atoms with E-state index in [9.17, 15) is 10.1 Å². The maximum Gasteiger partial charge on any atom is 0.295 e. The van der Waals surface area contributed by atoms with Crippen LogP contribution in [0.25, 0.3) is 11.3 Å². The first kappa shape index (κ1) is 13.7. The number of hydrogen-bond acceptors (Lipinski definition) is 6. The molecule has 7 heteroatoms. The fraction of sp³-hybridized carbons (Fsp3) is 0.231. The predicted octanol–water partition coefficient (Wildman–Crippen LogP) is 2.49. The zero-order valence-corrected chi connectivity index (χ0v) is 11.2. The molecule has 2 rings (SSSR count). The lowest BCUT2D eigenvalue weighted by atomic mass is 10.1. The zero-order valence-electron chi connectivity index (χ0n) is 11.2. The van der Waals surface area contributed by atoms with Gasteiger partial charge in [-0.15, -0.1) is 0 Å². The molecular weight excluding hydrogens is 260 g/mol. The Balaban J connectivity index is 2.56. The molecule has 0 fully saturated rings. The number of anilines is 1. The van der Waals surface area contributed by atoms with Gasteiger partial charge in [-0.05, 0) is 19.1 Å². The van der Waals surface area contributed by atoms with Crippen LogP contribution in [0.1, 0.15) is 6.92 Å². The second-order valence-corrected chi connectivity index (χ2v) is 3.94. The van der Waals surface area contributed by atoms with Crippen LogP contribution in [0.4, 0.5) is 11.5 Å². The molecule has 2 aromatic rings. The summed E-state index contributed by atoms with van der Waals surface area (Å²) in [6, 6.07) is 6.30. The molecule has 2 aromatic heterocycles. The number of nitro groups is 1. The third-order valence-electron chi connectivity index (χ3n) is 2.65. The van der Waals surface area contributed by atoms with Crippen LogP contribution >= 0.6 is 0 Å². The summed E-state index contributed by atoms with van der Waals surface area (Å²) in [6.07, 6.45) is 1.53. The standard InChI is InChI=1S/C13H14N4O3/c1-3-14-11-5-4-10(17(18)19)13(16-11)9-6-7-15-12(8-9)20-2/h4-8H,3H2,1-2H3,(H,14,16). The lowest BCUT2D eigenvalue weighted by Crippen LogP contribution is -2.02. The van der Waals surface area contributed by atoms with Gasteiger partial charge in [0.05, 0.1) is 12.0 Å². The molecule has 0 bridgehead atoms. The minimum Gasteiger partial charge on any atom is -0.481 e. The molecule has 0 saturated carbocycles. The summed E-state index contributed by atoms with van der Waals surface area (Å²) in [5.41, 5.74) is 0.817. The molecule has 0 saturated heterocycles. The van der Waals surface area contributed by atoms with Gasteiger partial charge in [0.25, 0.3) is 5.69 Å². The third-order valence-corrected chi connectivity index (χ3v) is 2.65. The topological polar surface area (TPSA) is 90.2 Å². The number of nitrogens with zero attached hydrogens (tertiary/aromatic N) is 3. The minimum atomic E-state index is -0.453. The van der Waals surface area contributed by atoms with Gasteiger partial charge in [0.1, 0.15) is 5.82 Å². The molecule has 0 aliphatic rings. The van der Waals surface area contributed by atoms with Crippen molar-refractivity contribution in [3.63, 3.8) is 0 Å². The van der Waals surface area contributed by atoms with Crippen molar-refractivity contribution in [1.82, 2.24) is 9.97 Å². The van der Waals surface area contributed by atoms with Gasteiger partial charge in [-0.1, -0.05) is 0 Å². The van der Waals surface area contributed by atoms with Crippen molar-refractivity contribution in [1.29, 1.82) is 0 Å². The van der Waals surface area contributed by atoms with Crippen LogP contribution in [0.5, 0.6) is 5.88 Å². The largest absolute Gasteiger partial charge is 0.481 e. The lowest BCUT2D eigenvalue weighted by Gasteiger charge is -2.07. The molecule has 0 aliphatic heterocycles. The van der Waals surface area contributed by atoms with Crippen LogP contribution in [-0.4, -0.2) is 28.5 Å². The summed E-state index contributed by atoms with van der Waals surface area (Å²) >= 11 is 0. The molecule has 0 radical (unpaired) electrons. The highest BCUT2D eigenvalue weighted by molar-refractivity contribution is 5.71. The van der Waals surface area contributed by atoms with Crippen molar-refractivity contribution >= 4 is 11.5 Å². The van der Waals surface area contributed by atoms with E-state index in [1.807, 2.05) is 6.92 Å². The van der Waals surface area contributed by atoms with Gasteiger partial charge >= 0.3 is 0 Å². The first-order valence-electron chi connectivity index (χ1n) is 6.05. The summed E-state index contributed by atoms with van der Waals surface area (Å²) in [7, 11) is 1.49. The summed E-state index contributed by atoms with van der Waals surface area (Å²) < 4.78 is 5.03. The van der Waals surface area contributed by atoms with Gasteiger partial charge in [0, 0.05) is 30.4 Å². The van der Waals surface area contributed by atoms with Crippen LogP contribution in [-0.2, 0) is 0 Å². The predicted molar refractivity (Wildman–Crippen MR) is 74.8 cm³/mol. The van der Waals surface area contributed by atoms with Crippen molar-refractivity contribution < 1.29 is 9.66 Å². The maximum absolute atomic E-state index is 11.1. The third kappa shape index (κ3) is 2.82. The monoisotopic (exact) mass is 274 g/mol. The van der Waals surface area contributed by atoms with Crippen LogP contribution in [0.3, 0.4) is 0 Å². The van der Waals surface area contributed by atoms with Gasteiger partial charge in [-0.2, -0.15) is 0 Å². The van der Waals surface area contributed by atoms with Crippen LogP contribution in [0.15, 0.2) is 30.5 Å². The highest BCUT2D eigenvalue weighted by Gasteiger charge is 2.18. The van der Waals surface area contributed by atoms with E-state index in [-0.39, 0.29) is 11.4 Å². The highest BCUT2D eigenvalue weighted by atomic mass is 16.6. The van der Waals surface area contributed by atoms with Crippen molar-refractivity contribution in [2.45, 2.75) is 6.92 Å². The second-order valence-electron chi connectivity index (χ2n) is 3.94. The zero-order chi connectivity index (χ0) is 14.5. The molecule has 7 nitrogen and oxygen atoms in total. The Hall–Kier alpha value is -2.70. The molecule has 0 aliphatic carbocycles. The summed E-state index contributed by atoms with van der Waals surface area (Å²) in [4.78, 5) is 18.9.